The van der Waals surface area contributed by atoms with Crippen molar-refractivity contribution in [3.05, 3.63) is 77.0 Å². The van der Waals surface area contributed by atoms with Crippen LogP contribution in [-0.2, 0) is 16.1 Å². The van der Waals surface area contributed by atoms with Gasteiger partial charge in [0.25, 0.3) is 0 Å². The normalized spacial score (nSPS) is 16.0. The maximum atomic E-state index is 12.7. The van der Waals surface area contributed by atoms with E-state index in [0.29, 0.717) is 6.61 Å². The van der Waals surface area contributed by atoms with Crippen LogP contribution in [0.3, 0.4) is 0 Å². The lowest BCUT2D eigenvalue weighted by Gasteiger charge is -2.23. The number of carbonyl (C=O) groups excluding carboxylic acids is 1. The molecule has 0 unspecified atom stereocenters. The largest absolute Gasteiger partial charge is 0.369 e. The van der Waals surface area contributed by atoms with Crippen LogP contribution in [0.25, 0.3) is 0 Å². The van der Waals surface area contributed by atoms with Crippen LogP contribution in [0, 0.1) is 5.41 Å². The molecular formula is C22H26O2Si. The van der Waals surface area contributed by atoms with Gasteiger partial charge < -0.3 is 4.74 Å². The summed E-state index contributed by atoms with van der Waals surface area (Å²) in [7, 11) is -1.81. The molecule has 2 nitrogen and oxygen atoms in total. The van der Waals surface area contributed by atoms with Crippen molar-refractivity contribution in [1.82, 2.24) is 0 Å². The maximum Gasteiger partial charge on any atom is 0.184 e. The van der Waals surface area contributed by atoms with Crippen molar-refractivity contribution in [3.8, 4) is 0 Å². The van der Waals surface area contributed by atoms with E-state index in [2.05, 4.69) is 51.2 Å². The molecule has 0 aliphatic heterocycles. The number of ether oxygens (including phenoxy) is 1. The smallest absolute Gasteiger partial charge is 0.184 e. The van der Waals surface area contributed by atoms with Gasteiger partial charge in [0, 0.05) is 11.0 Å². The highest BCUT2D eigenvalue weighted by atomic mass is 28.3. The molecule has 1 aliphatic rings. The summed E-state index contributed by atoms with van der Waals surface area (Å²) in [4.78, 5) is 12.7. The Kier molecular flexibility index (Phi) is 4.81. The fourth-order valence-electron chi connectivity index (χ4n) is 3.96. The van der Waals surface area contributed by atoms with Gasteiger partial charge in [0.05, 0.1) is 6.61 Å². The Morgan fingerprint density at radius 3 is 2.12 bits per heavy atom. The van der Waals surface area contributed by atoms with Crippen LogP contribution >= 0.6 is 0 Å². The Balaban J connectivity index is 1.71. The van der Waals surface area contributed by atoms with Crippen molar-refractivity contribution in [1.29, 1.82) is 0 Å². The molecule has 2 aromatic rings. The Morgan fingerprint density at radius 2 is 1.52 bits per heavy atom. The second-order valence-electron chi connectivity index (χ2n) is 7.77. The Morgan fingerprint density at radius 1 is 0.960 bits per heavy atom. The minimum absolute atomic E-state index is 0.0846. The van der Waals surface area contributed by atoms with Gasteiger partial charge in [-0.05, 0) is 5.56 Å². The van der Waals surface area contributed by atoms with E-state index in [1.165, 1.54) is 10.4 Å². The summed E-state index contributed by atoms with van der Waals surface area (Å²) in [6, 6.07) is 20.6. The molecule has 0 spiro atoms. The molecule has 3 rings (SSSR count). The second-order valence-corrected chi connectivity index (χ2v) is 12.1. The van der Waals surface area contributed by atoms with Crippen molar-refractivity contribution >= 4 is 19.0 Å². The van der Waals surface area contributed by atoms with Gasteiger partial charge in [0.2, 0.25) is 0 Å². The highest BCUT2D eigenvalue weighted by Gasteiger charge is 2.55. The lowest BCUT2D eigenvalue weighted by atomic mass is 10.0. The number of benzene rings is 2. The van der Waals surface area contributed by atoms with Crippen LogP contribution in [0.15, 0.2) is 71.4 Å². The molecule has 130 valence electrons. The average molecular weight is 351 g/mol. The molecule has 3 heteroatoms. The first-order valence-electron chi connectivity index (χ1n) is 8.81. The van der Waals surface area contributed by atoms with E-state index < -0.39 is 8.07 Å². The number of Topliss-reactive ketones (excluding diaryl/α,β-unsaturated/α-hetero) is 1. The third-order valence-corrected chi connectivity index (χ3v) is 9.08. The predicted octanol–water partition coefficient (Wildman–Crippen LogP) is 4.26. The molecule has 0 aromatic heterocycles. The van der Waals surface area contributed by atoms with Crippen molar-refractivity contribution in [2.75, 3.05) is 6.61 Å². The van der Waals surface area contributed by atoms with E-state index in [-0.39, 0.29) is 17.8 Å². The monoisotopic (exact) mass is 350 g/mol. The molecule has 1 aliphatic carbocycles. The van der Waals surface area contributed by atoms with Crippen molar-refractivity contribution < 1.29 is 9.53 Å². The number of carbonyl (C=O) groups is 1. The first-order valence-corrected chi connectivity index (χ1v) is 11.8. The zero-order valence-electron chi connectivity index (χ0n) is 15.5. The summed E-state index contributed by atoms with van der Waals surface area (Å²) in [5.74, 6) is 0.146. The fraction of sp³-hybridized carbons (Fsp3) is 0.318. The lowest BCUT2D eigenvalue weighted by molar-refractivity contribution is -0.120. The first kappa shape index (κ1) is 17.8. The van der Waals surface area contributed by atoms with E-state index in [9.17, 15) is 4.79 Å². The van der Waals surface area contributed by atoms with E-state index in [0.717, 1.165) is 11.1 Å². The van der Waals surface area contributed by atoms with Gasteiger partial charge in [-0.2, -0.15) is 0 Å². The Hall–Kier alpha value is -1.97. The van der Waals surface area contributed by atoms with Gasteiger partial charge >= 0.3 is 0 Å². The molecule has 0 bridgehead atoms. The lowest BCUT2D eigenvalue weighted by Crippen LogP contribution is -2.42. The van der Waals surface area contributed by atoms with Crippen LogP contribution in [0.4, 0.5) is 0 Å². The molecule has 0 amide bonds. The maximum absolute atomic E-state index is 12.7. The van der Waals surface area contributed by atoms with E-state index in [1.54, 1.807) is 0 Å². The zero-order chi connectivity index (χ0) is 18.1. The Bertz CT molecular complexity index is 789. The minimum Gasteiger partial charge on any atom is -0.369 e. The molecule has 0 fully saturated rings. The van der Waals surface area contributed by atoms with Gasteiger partial charge in [-0.3, -0.25) is 4.79 Å². The molecular weight excluding hydrogens is 324 g/mol. The third kappa shape index (κ3) is 3.53. The van der Waals surface area contributed by atoms with Crippen LogP contribution in [-0.4, -0.2) is 20.5 Å². The highest BCUT2D eigenvalue weighted by molar-refractivity contribution is 6.97. The summed E-state index contributed by atoms with van der Waals surface area (Å²) >= 11 is 0. The summed E-state index contributed by atoms with van der Waals surface area (Å²) in [6.45, 7) is 9.66. The van der Waals surface area contributed by atoms with Crippen LogP contribution in [0.5, 0.6) is 0 Å². The van der Waals surface area contributed by atoms with E-state index in [1.807, 2.05) is 36.4 Å². The van der Waals surface area contributed by atoms with Gasteiger partial charge in [-0.1, -0.05) is 98.0 Å². The molecule has 0 heterocycles. The molecule has 0 N–H and O–H groups in total. The second kappa shape index (κ2) is 6.73. The number of hydrogen-bond acceptors (Lipinski definition) is 2. The summed E-state index contributed by atoms with van der Waals surface area (Å²) in [5, 5.41) is 2.76. The third-order valence-electron chi connectivity index (χ3n) is 5.18. The zero-order valence-corrected chi connectivity index (χ0v) is 16.5. The van der Waals surface area contributed by atoms with Gasteiger partial charge in [-0.15, -0.1) is 0 Å². The van der Waals surface area contributed by atoms with Crippen molar-refractivity contribution in [2.45, 2.75) is 33.5 Å². The standard InChI is InChI=1S/C22H26O2Si/c1-22(2)20(19(23)16-24-15-17-11-7-5-8-12-17)21(22)25(3,4)18-13-9-6-10-14-18/h5-14H,15-16H2,1-4H3. The van der Waals surface area contributed by atoms with Crippen molar-refractivity contribution in [3.63, 3.8) is 0 Å². The quantitative estimate of drug-likeness (QED) is 0.697. The average Bonchev–Trinajstić information content (AvgIpc) is 3.20. The number of rotatable bonds is 7. The van der Waals surface area contributed by atoms with E-state index in [4.69, 9.17) is 4.74 Å². The predicted molar refractivity (Wildman–Crippen MR) is 105 cm³/mol. The van der Waals surface area contributed by atoms with Crippen LogP contribution in [0.1, 0.15) is 19.4 Å². The minimum atomic E-state index is -1.81. The highest BCUT2D eigenvalue weighted by Crippen LogP contribution is 2.56. The topological polar surface area (TPSA) is 26.3 Å². The fourth-order valence-corrected chi connectivity index (χ4v) is 7.97. The summed E-state index contributed by atoms with van der Waals surface area (Å²) in [5.41, 5.74) is 2.01. The molecule has 0 saturated carbocycles. The molecule has 0 saturated heterocycles. The van der Waals surface area contributed by atoms with Gasteiger partial charge in [-0.25, -0.2) is 0 Å². The Labute approximate surface area is 151 Å². The first-order chi connectivity index (χ1) is 11.8. The van der Waals surface area contributed by atoms with E-state index >= 15 is 0 Å². The van der Waals surface area contributed by atoms with Crippen LogP contribution in [0.2, 0.25) is 13.1 Å². The molecule has 0 radical (unpaired) electrons. The summed E-state index contributed by atoms with van der Waals surface area (Å²) in [6.07, 6.45) is 0. The van der Waals surface area contributed by atoms with Gasteiger partial charge in [0.1, 0.15) is 14.7 Å². The SMILES string of the molecule is CC1(C)C(C(=O)COCc2ccccc2)=C1[Si](C)(C)c1ccccc1. The number of allylic oxidation sites excluding steroid dienone is 1. The summed E-state index contributed by atoms with van der Waals surface area (Å²) < 4.78 is 5.67. The number of ketones is 1. The van der Waals surface area contributed by atoms with Crippen LogP contribution < -0.4 is 5.19 Å². The molecule has 0 atom stereocenters. The van der Waals surface area contributed by atoms with Crippen molar-refractivity contribution in [2.24, 2.45) is 5.41 Å². The van der Waals surface area contributed by atoms with Gasteiger partial charge in [0.15, 0.2) is 5.78 Å². The molecule has 2 aromatic carbocycles. The molecule has 25 heavy (non-hydrogen) atoms. The number of hydrogen-bond donors (Lipinski definition) is 0.